The summed E-state index contributed by atoms with van der Waals surface area (Å²) in [5.74, 6) is 0.0735. The van der Waals surface area contributed by atoms with Crippen LogP contribution in [0.5, 0.6) is 5.75 Å². The highest BCUT2D eigenvalue weighted by molar-refractivity contribution is 5.76. The Hall–Kier alpha value is -4.58. The lowest BCUT2D eigenvalue weighted by molar-refractivity contribution is -0.276. The molecule has 2 amide bonds. The van der Waals surface area contributed by atoms with Gasteiger partial charge >= 0.3 is 0 Å². The van der Waals surface area contributed by atoms with Crippen molar-refractivity contribution in [1.82, 2.24) is 15.5 Å². The highest BCUT2D eigenvalue weighted by Gasteiger charge is 2.39. The number of carbonyl (C=O) groups is 2. The van der Waals surface area contributed by atoms with Gasteiger partial charge in [0.2, 0.25) is 11.8 Å². The second kappa shape index (κ2) is 19.5. The minimum atomic E-state index is -0.778. The summed E-state index contributed by atoms with van der Waals surface area (Å²) in [7, 11) is 1.95. The molecule has 53 heavy (non-hydrogen) atoms. The normalized spacial score (nSPS) is 19.1. The van der Waals surface area contributed by atoms with E-state index in [1.807, 2.05) is 66.5 Å². The molecule has 0 saturated carbocycles. The third-order valence-electron chi connectivity index (χ3n) is 9.74. The van der Waals surface area contributed by atoms with Crippen molar-refractivity contribution in [1.29, 1.82) is 0 Å². The van der Waals surface area contributed by atoms with E-state index < -0.39 is 12.4 Å². The zero-order chi connectivity index (χ0) is 37.7. The SMILES string of the molecule is CC(=O)NCCCCCC(=O)NCc1cccc(-c2ccc([C@H]3O[C@@H](CN(C)C[C@@H](O)c4cccc(O)c4)[C@@H](C)[C@@H](c4ccc(CO)cc4)O3)cc2)c1. The van der Waals surface area contributed by atoms with Crippen LogP contribution < -0.4 is 10.6 Å². The summed E-state index contributed by atoms with van der Waals surface area (Å²) < 4.78 is 13.3. The standard InChI is InChI=1S/C43H53N3O7/c1-29-40(27-46(3)26-39(50)37-11-8-12-38(49)24-37)52-43(53-42(29)34-16-14-31(28-47)15-17-34)35-20-18-33(19-21-35)36-10-7-9-32(23-36)25-45-41(51)13-5-4-6-22-44-30(2)48/h7-12,14-21,23-24,29,39-40,42-43,47,49-50H,4-6,13,22,25-28H2,1-3H3,(H,44,48)(H,45,51)/t29-,39-,40+,42+,43+/m1/s1. The van der Waals surface area contributed by atoms with Crippen molar-refractivity contribution < 1.29 is 34.4 Å². The molecule has 5 rings (SSSR count). The Labute approximate surface area is 312 Å². The molecule has 0 unspecified atom stereocenters. The predicted octanol–water partition coefficient (Wildman–Crippen LogP) is 6.32. The van der Waals surface area contributed by atoms with E-state index in [4.69, 9.17) is 9.47 Å². The molecule has 1 aliphatic rings. The Morgan fingerprint density at radius 1 is 0.830 bits per heavy atom. The monoisotopic (exact) mass is 723 g/mol. The van der Waals surface area contributed by atoms with E-state index in [-0.39, 0.29) is 42.3 Å². The lowest BCUT2D eigenvalue weighted by atomic mass is 9.90. The maximum atomic E-state index is 12.4. The number of rotatable bonds is 17. The minimum absolute atomic E-state index is 0.0147. The van der Waals surface area contributed by atoms with Crippen LogP contribution in [0.4, 0.5) is 0 Å². The van der Waals surface area contributed by atoms with E-state index >= 15 is 0 Å². The topological polar surface area (TPSA) is 141 Å². The Balaban J connectivity index is 1.23. The Morgan fingerprint density at radius 2 is 1.57 bits per heavy atom. The first kappa shape index (κ1) is 39.6. The Bertz CT molecular complexity index is 1760. The van der Waals surface area contributed by atoms with Crippen LogP contribution in [-0.4, -0.2) is 64.8 Å². The lowest BCUT2D eigenvalue weighted by Gasteiger charge is -2.42. The number of aliphatic hydroxyl groups is 2. The maximum absolute atomic E-state index is 12.4. The number of ether oxygens (including phenoxy) is 2. The number of nitrogens with zero attached hydrogens (tertiary/aromatic N) is 1. The molecule has 10 heteroatoms. The van der Waals surface area contributed by atoms with E-state index in [0.29, 0.717) is 38.2 Å². The molecule has 5 atom stereocenters. The fourth-order valence-electron chi connectivity index (χ4n) is 6.68. The largest absolute Gasteiger partial charge is 0.508 e. The summed E-state index contributed by atoms with van der Waals surface area (Å²) in [6, 6.07) is 30.8. The number of hydrogen-bond acceptors (Lipinski definition) is 8. The predicted molar refractivity (Wildman–Crippen MR) is 204 cm³/mol. The van der Waals surface area contributed by atoms with Crippen LogP contribution in [-0.2, 0) is 32.2 Å². The fourth-order valence-corrected chi connectivity index (χ4v) is 6.68. The second-order valence-corrected chi connectivity index (χ2v) is 14.0. The van der Waals surface area contributed by atoms with Crippen LogP contribution in [0.2, 0.25) is 0 Å². The highest BCUT2D eigenvalue weighted by atomic mass is 16.7. The van der Waals surface area contributed by atoms with Crippen molar-refractivity contribution in [2.24, 2.45) is 5.92 Å². The molecule has 0 bridgehead atoms. The van der Waals surface area contributed by atoms with Gasteiger partial charge in [0.1, 0.15) is 5.75 Å². The number of benzene rings is 4. The molecular weight excluding hydrogens is 670 g/mol. The van der Waals surface area contributed by atoms with Gasteiger partial charge in [-0.05, 0) is 71.5 Å². The lowest BCUT2D eigenvalue weighted by Crippen LogP contribution is -2.44. The molecule has 1 saturated heterocycles. The van der Waals surface area contributed by atoms with Crippen molar-refractivity contribution in [3.05, 3.63) is 125 Å². The zero-order valence-corrected chi connectivity index (χ0v) is 30.9. The molecule has 1 aliphatic heterocycles. The van der Waals surface area contributed by atoms with E-state index in [9.17, 15) is 24.9 Å². The van der Waals surface area contributed by atoms with Crippen LogP contribution in [0.3, 0.4) is 0 Å². The Kier molecular flexibility index (Phi) is 14.6. The number of amides is 2. The zero-order valence-electron chi connectivity index (χ0n) is 30.9. The molecule has 0 radical (unpaired) electrons. The van der Waals surface area contributed by atoms with Crippen LogP contribution in [0, 0.1) is 5.92 Å². The second-order valence-electron chi connectivity index (χ2n) is 14.0. The highest BCUT2D eigenvalue weighted by Crippen LogP contribution is 2.42. The van der Waals surface area contributed by atoms with E-state index in [1.165, 1.54) is 6.92 Å². The summed E-state index contributed by atoms with van der Waals surface area (Å²) in [6.07, 6.45) is 1.07. The van der Waals surface area contributed by atoms with Crippen molar-refractivity contribution in [2.45, 2.75) is 77.3 Å². The number of aromatic hydroxyl groups is 1. The third-order valence-corrected chi connectivity index (χ3v) is 9.74. The van der Waals surface area contributed by atoms with Gasteiger partial charge in [-0.2, -0.15) is 0 Å². The van der Waals surface area contributed by atoms with Crippen molar-refractivity contribution >= 4 is 11.8 Å². The van der Waals surface area contributed by atoms with Gasteiger partial charge in [0.25, 0.3) is 0 Å². The first-order valence-electron chi connectivity index (χ1n) is 18.5. The number of carbonyl (C=O) groups excluding carboxylic acids is 2. The third kappa shape index (κ3) is 11.7. The maximum Gasteiger partial charge on any atom is 0.220 e. The average Bonchev–Trinajstić information content (AvgIpc) is 3.16. The molecule has 282 valence electrons. The van der Waals surface area contributed by atoms with Crippen LogP contribution in [0.1, 0.15) is 85.8 Å². The summed E-state index contributed by atoms with van der Waals surface area (Å²) in [5, 5.41) is 36.2. The van der Waals surface area contributed by atoms with Gasteiger partial charge in [-0.15, -0.1) is 0 Å². The van der Waals surface area contributed by atoms with Gasteiger partial charge in [0.05, 0.1) is 24.9 Å². The van der Waals surface area contributed by atoms with Crippen LogP contribution >= 0.6 is 0 Å². The van der Waals surface area contributed by atoms with Crippen molar-refractivity contribution in [3.8, 4) is 16.9 Å². The Morgan fingerprint density at radius 3 is 2.28 bits per heavy atom. The summed E-state index contributed by atoms with van der Waals surface area (Å²) in [5.41, 5.74) is 6.43. The fraction of sp³-hybridized carbons (Fsp3) is 0.395. The molecular formula is C43H53N3O7. The molecule has 1 heterocycles. The summed E-state index contributed by atoms with van der Waals surface area (Å²) >= 11 is 0. The number of unbranched alkanes of at least 4 members (excludes halogenated alkanes) is 2. The van der Waals surface area contributed by atoms with Gasteiger partial charge in [-0.25, -0.2) is 0 Å². The van der Waals surface area contributed by atoms with Crippen LogP contribution in [0.15, 0.2) is 97.1 Å². The molecule has 5 N–H and O–H groups in total. The van der Waals surface area contributed by atoms with Gasteiger partial charge < -0.3 is 40.3 Å². The summed E-state index contributed by atoms with van der Waals surface area (Å²) in [6.45, 7) is 5.57. The molecule has 1 fully saturated rings. The number of likely N-dealkylation sites (N-methyl/N-ethyl adjacent to an activating group) is 1. The molecule has 0 aromatic heterocycles. The number of hydrogen-bond donors (Lipinski definition) is 5. The minimum Gasteiger partial charge on any atom is -0.508 e. The smallest absolute Gasteiger partial charge is 0.220 e. The van der Waals surface area contributed by atoms with Crippen molar-refractivity contribution in [2.75, 3.05) is 26.7 Å². The number of phenolic OH excluding ortho intramolecular Hbond substituents is 1. The number of phenols is 1. The van der Waals surface area contributed by atoms with E-state index in [2.05, 4.69) is 35.8 Å². The van der Waals surface area contributed by atoms with E-state index in [1.54, 1.807) is 24.3 Å². The molecule has 0 spiro atoms. The van der Waals surface area contributed by atoms with Gasteiger partial charge in [0.15, 0.2) is 6.29 Å². The first-order chi connectivity index (χ1) is 25.6. The van der Waals surface area contributed by atoms with Crippen LogP contribution in [0.25, 0.3) is 11.1 Å². The van der Waals surface area contributed by atoms with Gasteiger partial charge in [-0.3, -0.25) is 9.59 Å². The molecule has 4 aromatic rings. The van der Waals surface area contributed by atoms with Gasteiger partial charge in [-0.1, -0.05) is 92.2 Å². The first-order valence-corrected chi connectivity index (χ1v) is 18.5. The average molecular weight is 724 g/mol. The van der Waals surface area contributed by atoms with Gasteiger partial charge in [0, 0.05) is 51.0 Å². The van der Waals surface area contributed by atoms with Crippen molar-refractivity contribution in [3.63, 3.8) is 0 Å². The number of aliphatic hydroxyl groups excluding tert-OH is 2. The summed E-state index contributed by atoms with van der Waals surface area (Å²) in [4.78, 5) is 25.4. The molecule has 0 aliphatic carbocycles. The molecule has 10 nitrogen and oxygen atoms in total. The molecule has 4 aromatic carbocycles. The number of nitrogens with one attached hydrogen (secondary N) is 2. The quantitative estimate of drug-likeness (QED) is 0.0798. The van der Waals surface area contributed by atoms with E-state index in [0.717, 1.165) is 52.6 Å².